The Morgan fingerprint density at radius 1 is 1.55 bits per heavy atom. The van der Waals surface area contributed by atoms with Gasteiger partial charge in [0.05, 0.1) is 0 Å². The summed E-state index contributed by atoms with van der Waals surface area (Å²) in [7, 11) is 0. The van der Waals surface area contributed by atoms with Gasteiger partial charge in [0.15, 0.2) is 0 Å². The third-order valence-electron chi connectivity index (χ3n) is 1.38. The molecule has 0 saturated carbocycles. The molecule has 0 aromatic heterocycles. The number of allylic oxidation sites excluding steroid dienone is 2. The lowest BCUT2D eigenvalue weighted by molar-refractivity contribution is -0.121. The van der Waals surface area contributed by atoms with Gasteiger partial charge in [-0.2, -0.15) is 0 Å². The number of carbonyl (C=O) groups excluding carboxylic acids is 1. The highest BCUT2D eigenvalue weighted by atomic mass is 16.1. The predicted octanol–water partition coefficient (Wildman–Crippen LogP) is 1.87. The Hall–Kier alpha value is -0.790. The van der Waals surface area contributed by atoms with Crippen LogP contribution >= 0.6 is 0 Å². The fourth-order valence-electron chi connectivity index (χ4n) is 0.833. The molecular formula is C9H17NO. The molecule has 0 fully saturated rings. The van der Waals surface area contributed by atoms with Crippen molar-refractivity contribution in [3.05, 3.63) is 12.2 Å². The molecule has 0 unspecified atom stereocenters. The zero-order valence-corrected chi connectivity index (χ0v) is 7.39. The van der Waals surface area contributed by atoms with E-state index in [0.717, 1.165) is 19.4 Å². The second-order valence-electron chi connectivity index (χ2n) is 2.41. The number of hydrogen-bond acceptors (Lipinski definition) is 1. The van der Waals surface area contributed by atoms with Gasteiger partial charge in [-0.25, -0.2) is 0 Å². The maximum Gasteiger partial charge on any atom is 0.219 e. The molecule has 0 aliphatic carbocycles. The van der Waals surface area contributed by atoms with Crippen LogP contribution in [0.5, 0.6) is 0 Å². The number of unbranched alkanes of at least 4 members (excludes halogenated alkanes) is 1. The minimum Gasteiger partial charge on any atom is -0.356 e. The second kappa shape index (κ2) is 7.32. The number of nitrogens with one attached hydrogen (secondary N) is 1. The normalized spacial score (nSPS) is 10.4. The van der Waals surface area contributed by atoms with Gasteiger partial charge in [0.2, 0.25) is 5.91 Å². The summed E-state index contributed by atoms with van der Waals surface area (Å²) in [6.45, 7) is 4.67. The summed E-state index contributed by atoms with van der Waals surface area (Å²) >= 11 is 0. The molecule has 0 aliphatic heterocycles. The van der Waals surface area contributed by atoms with Gasteiger partial charge < -0.3 is 5.32 Å². The molecule has 2 nitrogen and oxygen atoms in total. The molecule has 0 heterocycles. The van der Waals surface area contributed by atoms with Crippen LogP contribution in [0.2, 0.25) is 0 Å². The van der Waals surface area contributed by atoms with Gasteiger partial charge in [-0.05, 0) is 26.7 Å². The van der Waals surface area contributed by atoms with Crippen LogP contribution in [0.1, 0.15) is 33.1 Å². The molecule has 0 bridgehead atoms. The van der Waals surface area contributed by atoms with Crippen molar-refractivity contribution < 1.29 is 4.79 Å². The third kappa shape index (κ3) is 7.10. The van der Waals surface area contributed by atoms with Crippen molar-refractivity contribution in [2.75, 3.05) is 6.54 Å². The van der Waals surface area contributed by atoms with Crippen LogP contribution in [-0.2, 0) is 4.79 Å². The molecule has 64 valence electrons. The zero-order chi connectivity index (χ0) is 8.53. The van der Waals surface area contributed by atoms with Gasteiger partial charge >= 0.3 is 0 Å². The molecule has 2 heteroatoms. The van der Waals surface area contributed by atoms with E-state index >= 15 is 0 Å². The Balaban J connectivity index is 3.17. The minimum absolute atomic E-state index is 0.164. The standard InChI is InChI=1S/C9H17NO/c1-3-5-6-7-8-9(11)10-4-2/h3,5H,4,6-8H2,1-2H3,(H,10,11). The average Bonchev–Trinajstić information content (AvgIpc) is 1.99. The maximum absolute atomic E-state index is 10.9. The van der Waals surface area contributed by atoms with E-state index in [1.165, 1.54) is 0 Å². The van der Waals surface area contributed by atoms with E-state index in [9.17, 15) is 4.79 Å². The van der Waals surface area contributed by atoms with Crippen molar-refractivity contribution in [1.82, 2.24) is 5.32 Å². The highest BCUT2D eigenvalue weighted by Crippen LogP contribution is 1.95. The van der Waals surface area contributed by atoms with E-state index in [1.54, 1.807) is 0 Å². The predicted molar refractivity (Wildman–Crippen MR) is 47.3 cm³/mol. The van der Waals surface area contributed by atoms with Gasteiger partial charge in [0.1, 0.15) is 0 Å². The van der Waals surface area contributed by atoms with Crippen molar-refractivity contribution in [3.63, 3.8) is 0 Å². The van der Waals surface area contributed by atoms with Gasteiger partial charge in [0, 0.05) is 13.0 Å². The SMILES string of the molecule is CC=CCCCC(=O)NCC. The molecule has 0 atom stereocenters. The van der Waals surface area contributed by atoms with E-state index in [-0.39, 0.29) is 5.91 Å². The van der Waals surface area contributed by atoms with Crippen molar-refractivity contribution in [2.45, 2.75) is 33.1 Å². The first kappa shape index (κ1) is 10.2. The molecule has 0 rings (SSSR count). The summed E-state index contributed by atoms with van der Waals surface area (Å²) in [6.07, 6.45) is 6.71. The molecule has 1 N–H and O–H groups in total. The molecule has 0 spiro atoms. The number of rotatable bonds is 5. The lowest BCUT2D eigenvalue weighted by atomic mass is 10.2. The van der Waals surface area contributed by atoms with Crippen molar-refractivity contribution in [1.29, 1.82) is 0 Å². The molecule has 0 aromatic rings. The summed E-state index contributed by atoms with van der Waals surface area (Å²) in [5, 5.41) is 2.76. The fraction of sp³-hybridized carbons (Fsp3) is 0.667. The minimum atomic E-state index is 0.164. The Bertz CT molecular complexity index is 130. The second-order valence-corrected chi connectivity index (χ2v) is 2.41. The Labute approximate surface area is 68.7 Å². The molecule has 0 radical (unpaired) electrons. The first-order valence-corrected chi connectivity index (χ1v) is 4.19. The number of carbonyl (C=O) groups is 1. The van der Waals surface area contributed by atoms with Crippen LogP contribution < -0.4 is 5.32 Å². The van der Waals surface area contributed by atoms with Crippen molar-refractivity contribution in [2.24, 2.45) is 0 Å². The summed E-state index contributed by atoms with van der Waals surface area (Å²) in [6, 6.07) is 0. The summed E-state index contributed by atoms with van der Waals surface area (Å²) in [5.74, 6) is 0.164. The first-order valence-electron chi connectivity index (χ1n) is 4.19. The van der Waals surface area contributed by atoms with Gasteiger partial charge in [0.25, 0.3) is 0 Å². The largest absolute Gasteiger partial charge is 0.356 e. The summed E-state index contributed by atoms with van der Waals surface area (Å²) < 4.78 is 0. The third-order valence-corrected chi connectivity index (χ3v) is 1.38. The van der Waals surface area contributed by atoms with Crippen LogP contribution in [0, 0.1) is 0 Å². The zero-order valence-electron chi connectivity index (χ0n) is 7.39. The van der Waals surface area contributed by atoms with Crippen LogP contribution in [-0.4, -0.2) is 12.5 Å². The topological polar surface area (TPSA) is 29.1 Å². The quantitative estimate of drug-likeness (QED) is 0.476. The Kier molecular flexibility index (Phi) is 6.79. The number of amides is 1. The Morgan fingerprint density at radius 3 is 2.82 bits per heavy atom. The van der Waals surface area contributed by atoms with Gasteiger partial charge in [-0.1, -0.05) is 12.2 Å². The van der Waals surface area contributed by atoms with Gasteiger partial charge in [-0.3, -0.25) is 4.79 Å². The lowest BCUT2D eigenvalue weighted by Crippen LogP contribution is -2.21. The number of hydrogen-bond donors (Lipinski definition) is 1. The smallest absolute Gasteiger partial charge is 0.219 e. The first-order chi connectivity index (χ1) is 5.31. The van der Waals surface area contributed by atoms with E-state index in [1.807, 2.05) is 19.9 Å². The van der Waals surface area contributed by atoms with Crippen molar-refractivity contribution in [3.8, 4) is 0 Å². The van der Waals surface area contributed by atoms with Crippen LogP contribution in [0.15, 0.2) is 12.2 Å². The molecule has 11 heavy (non-hydrogen) atoms. The molecular weight excluding hydrogens is 138 g/mol. The summed E-state index contributed by atoms with van der Waals surface area (Å²) in [5.41, 5.74) is 0. The molecule has 1 amide bonds. The van der Waals surface area contributed by atoms with E-state index in [2.05, 4.69) is 11.4 Å². The highest BCUT2D eigenvalue weighted by molar-refractivity contribution is 5.75. The van der Waals surface area contributed by atoms with E-state index in [4.69, 9.17) is 0 Å². The maximum atomic E-state index is 10.9. The van der Waals surface area contributed by atoms with Crippen molar-refractivity contribution >= 4 is 5.91 Å². The monoisotopic (exact) mass is 155 g/mol. The molecule has 0 aromatic carbocycles. The van der Waals surface area contributed by atoms with E-state index in [0.29, 0.717) is 6.42 Å². The molecule has 0 saturated heterocycles. The Morgan fingerprint density at radius 2 is 2.27 bits per heavy atom. The lowest BCUT2D eigenvalue weighted by Gasteiger charge is -1.98. The average molecular weight is 155 g/mol. The fourth-order valence-corrected chi connectivity index (χ4v) is 0.833. The van der Waals surface area contributed by atoms with Crippen LogP contribution in [0.25, 0.3) is 0 Å². The summed E-state index contributed by atoms with van der Waals surface area (Å²) in [4.78, 5) is 10.9. The van der Waals surface area contributed by atoms with Crippen LogP contribution in [0.4, 0.5) is 0 Å². The highest BCUT2D eigenvalue weighted by Gasteiger charge is 1.95. The molecule has 0 aliphatic rings. The van der Waals surface area contributed by atoms with E-state index < -0.39 is 0 Å². The van der Waals surface area contributed by atoms with Crippen LogP contribution in [0.3, 0.4) is 0 Å². The van der Waals surface area contributed by atoms with Gasteiger partial charge in [-0.15, -0.1) is 0 Å².